The fourth-order valence-electron chi connectivity index (χ4n) is 3.62. The molecule has 0 spiro atoms. The first-order valence-electron chi connectivity index (χ1n) is 10.4. The second-order valence-corrected chi connectivity index (χ2v) is 7.33. The minimum Gasteiger partial charge on any atom is -0.385 e. The van der Waals surface area contributed by atoms with Crippen molar-refractivity contribution in [3.8, 4) is 0 Å². The molecule has 2 heterocycles. The highest BCUT2D eigenvalue weighted by molar-refractivity contribution is 5.79. The number of piperidine rings is 1. The van der Waals surface area contributed by atoms with Crippen LogP contribution in [0, 0.1) is 0 Å². The van der Waals surface area contributed by atoms with Crippen LogP contribution in [-0.2, 0) is 22.6 Å². The van der Waals surface area contributed by atoms with E-state index < -0.39 is 0 Å². The molecule has 0 radical (unpaired) electrons. The molecule has 1 aromatic heterocycles. The fourth-order valence-corrected chi connectivity index (χ4v) is 3.62. The molecule has 0 aliphatic carbocycles. The maximum atomic E-state index is 5.96. The number of likely N-dealkylation sites (tertiary alicyclic amines) is 1. The highest BCUT2D eigenvalue weighted by Crippen LogP contribution is 2.14. The van der Waals surface area contributed by atoms with Crippen LogP contribution in [-0.4, -0.2) is 67.2 Å². The lowest BCUT2D eigenvalue weighted by atomic mass is 10.1. The quantitative estimate of drug-likeness (QED) is 0.399. The van der Waals surface area contributed by atoms with Crippen LogP contribution >= 0.6 is 0 Å². The Labute approximate surface area is 173 Å². The topological polar surface area (TPSA) is 63.9 Å². The van der Waals surface area contributed by atoms with E-state index in [9.17, 15) is 0 Å². The van der Waals surface area contributed by atoms with E-state index >= 15 is 0 Å². The van der Waals surface area contributed by atoms with Gasteiger partial charge in [-0.25, -0.2) is 0 Å². The van der Waals surface area contributed by atoms with Crippen LogP contribution in [0.5, 0.6) is 0 Å². The number of nitrogens with zero attached hydrogens (tertiary/aromatic N) is 4. The Balaban J connectivity index is 1.44. The van der Waals surface area contributed by atoms with Gasteiger partial charge < -0.3 is 19.7 Å². The molecule has 1 saturated heterocycles. The van der Waals surface area contributed by atoms with Gasteiger partial charge in [0, 0.05) is 59.4 Å². The first-order valence-corrected chi connectivity index (χ1v) is 10.4. The van der Waals surface area contributed by atoms with E-state index in [4.69, 9.17) is 9.47 Å². The summed E-state index contributed by atoms with van der Waals surface area (Å²) in [6.45, 7) is 5.02. The molecule has 1 fully saturated rings. The van der Waals surface area contributed by atoms with Gasteiger partial charge in [0.2, 0.25) is 0 Å². The normalized spacial score (nSPS) is 15.7. The van der Waals surface area contributed by atoms with E-state index in [0.29, 0.717) is 6.10 Å². The molecule has 0 unspecified atom stereocenters. The van der Waals surface area contributed by atoms with Gasteiger partial charge in [-0.1, -0.05) is 24.3 Å². The number of ether oxygens (including phenoxy) is 2. The summed E-state index contributed by atoms with van der Waals surface area (Å²) < 4.78 is 13.0. The smallest absolute Gasteiger partial charge is 0.193 e. The van der Waals surface area contributed by atoms with Crippen LogP contribution in [0.15, 0.2) is 47.7 Å². The molecule has 3 rings (SSSR count). The van der Waals surface area contributed by atoms with Crippen molar-refractivity contribution in [1.29, 1.82) is 0 Å². The molecular weight excluding hydrogens is 366 g/mol. The summed E-state index contributed by atoms with van der Waals surface area (Å²) >= 11 is 0. The Morgan fingerprint density at radius 3 is 2.76 bits per heavy atom. The maximum absolute atomic E-state index is 5.96. The van der Waals surface area contributed by atoms with Gasteiger partial charge in [-0.15, -0.1) is 0 Å². The van der Waals surface area contributed by atoms with Gasteiger partial charge in [-0.3, -0.25) is 9.67 Å². The number of aromatic nitrogens is 2. The van der Waals surface area contributed by atoms with Gasteiger partial charge in [-0.05, 0) is 36.5 Å². The molecule has 7 nitrogen and oxygen atoms in total. The number of aliphatic imine (C=N–C) groups is 1. The van der Waals surface area contributed by atoms with E-state index in [1.807, 2.05) is 30.2 Å². The number of benzene rings is 1. The predicted molar refractivity (Wildman–Crippen MR) is 115 cm³/mol. The molecule has 0 bridgehead atoms. The largest absolute Gasteiger partial charge is 0.385 e. The molecule has 1 aromatic carbocycles. The Morgan fingerprint density at radius 2 is 2.03 bits per heavy atom. The van der Waals surface area contributed by atoms with Crippen molar-refractivity contribution in [2.75, 3.05) is 40.5 Å². The van der Waals surface area contributed by atoms with Gasteiger partial charge in [0.1, 0.15) is 0 Å². The van der Waals surface area contributed by atoms with Crippen molar-refractivity contribution in [2.24, 2.45) is 4.99 Å². The monoisotopic (exact) mass is 399 g/mol. The Hall–Kier alpha value is -2.38. The number of nitrogens with one attached hydrogen (secondary N) is 1. The Kier molecular flexibility index (Phi) is 8.52. The first kappa shape index (κ1) is 21.3. The molecule has 7 heteroatoms. The Morgan fingerprint density at radius 1 is 1.21 bits per heavy atom. The van der Waals surface area contributed by atoms with E-state index in [1.165, 1.54) is 11.1 Å². The van der Waals surface area contributed by atoms with Crippen molar-refractivity contribution in [2.45, 2.75) is 38.5 Å². The number of guanidine groups is 1. The molecule has 1 N–H and O–H groups in total. The highest BCUT2D eigenvalue weighted by atomic mass is 16.5. The van der Waals surface area contributed by atoms with Gasteiger partial charge in [0.05, 0.1) is 12.6 Å². The number of rotatable bonds is 9. The summed E-state index contributed by atoms with van der Waals surface area (Å²) in [5, 5.41) is 7.79. The third-order valence-corrected chi connectivity index (χ3v) is 5.15. The predicted octanol–water partition coefficient (Wildman–Crippen LogP) is 2.52. The van der Waals surface area contributed by atoms with Crippen LogP contribution in [0.4, 0.5) is 0 Å². The van der Waals surface area contributed by atoms with E-state index in [0.717, 1.165) is 64.6 Å². The van der Waals surface area contributed by atoms with Crippen molar-refractivity contribution in [1.82, 2.24) is 20.0 Å². The third kappa shape index (κ3) is 6.87. The summed E-state index contributed by atoms with van der Waals surface area (Å²) in [6.07, 6.45) is 7.17. The SMILES string of the molecule is CN=C(NCc1cccc(Cn2cccn2)c1)N1CCC(OCCCOC)CC1. The lowest BCUT2D eigenvalue weighted by Crippen LogP contribution is -2.46. The number of hydrogen-bond donors (Lipinski definition) is 1. The van der Waals surface area contributed by atoms with Crippen LogP contribution in [0.25, 0.3) is 0 Å². The molecule has 0 saturated carbocycles. The lowest BCUT2D eigenvalue weighted by molar-refractivity contribution is 0.00989. The van der Waals surface area contributed by atoms with Crippen molar-refractivity contribution >= 4 is 5.96 Å². The van der Waals surface area contributed by atoms with Gasteiger partial charge in [0.15, 0.2) is 5.96 Å². The van der Waals surface area contributed by atoms with Gasteiger partial charge in [0.25, 0.3) is 0 Å². The molecular formula is C22H33N5O2. The molecule has 158 valence electrons. The zero-order valence-electron chi connectivity index (χ0n) is 17.6. The lowest BCUT2D eigenvalue weighted by Gasteiger charge is -2.34. The van der Waals surface area contributed by atoms with Crippen molar-refractivity contribution < 1.29 is 9.47 Å². The average molecular weight is 400 g/mol. The van der Waals surface area contributed by atoms with Crippen LogP contribution < -0.4 is 5.32 Å². The number of hydrogen-bond acceptors (Lipinski definition) is 4. The minimum atomic E-state index is 0.347. The molecule has 0 amide bonds. The Bertz CT molecular complexity index is 739. The molecule has 0 atom stereocenters. The highest BCUT2D eigenvalue weighted by Gasteiger charge is 2.21. The first-order chi connectivity index (χ1) is 14.3. The second-order valence-electron chi connectivity index (χ2n) is 7.33. The minimum absolute atomic E-state index is 0.347. The molecule has 29 heavy (non-hydrogen) atoms. The second kappa shape index (κ2) is 11.6. The summed E-state index contributed by atoms with van der Waals surface area (Å²) in [4.78, 5) is 6.80. The summed E-state index contributed by atoms with van der Waals surface area (Å²) in [6, 6.07) is 10.6. The molecule has 1 aliphatic rings. The van der Waals surface area contributed by atoms with Crippen LogP contribution in [0.1, 0.15) is 30.4 Å². The molecule has 1 aliphatic heterocycles. The maximum Gasteiger partial charge on any atom is 0.193 e. The third-order valence-electron chi connectivity index (χ3n) is 5.15. The van der Waals surface area contributed by atoms with E-state index in [-0.39, 0.29) is 0 Å². The van der Waals surface area contributed by atoms with E-state index in [2.05, 4.69) is 44.6 Å². The summed E-state index contributed by atoms with van der Waals surface area (Å²) in [5.41, 5.74) is 2.49. The van der Waals surface area contributed by atoms with Gasteiger partial charge >= 0.3 is 0 Å². The van der Waals surface area contributed by atoms with Crippen molar-refractivity contribution in [3.05, 3.63) is 53.9 Å². The zero-order chi connectivity index (χ0) is 20.3. The van der Waals surface area contributed by atoms with Gasteiger partial charge in [-0.2, -0.15) is 5.10 Å². The van der Waals surface area contributed by atoms with E-state index in [1.54, 1.807) is 7.11 Å². The summed E-state index contributed by atoms with van der Waals surface area (Å²) in [7, 11) is 3.58. The van der Waals surface area contributed by atoms with Crippen LogP contribution in [0.2, 0.25) is 0 Å². The standard InChI is InChI=1S/C22H33N5O2/c1-23-22(26-12-8-21(9-13-26)29-15-5-14-28-2)24-17-19-6-3-7-20(16-19)18-27-11-4-10-25-27/h3-4,6-7,10-11,16,21H,5,8-9,12-15,17-18H2,1-2H3,(H,23,24). The average Bonchev–Trinajstić information content (AvgIpc) is 3.26. The fraction of sp³-hybridized carbons (Fsp3) is 0.545. The molecule has 2 aromatic rings. The van der Waals surface area contributed by atoms with Crippen molar-refractivity contribution in [3.63, 3.8) is 0 Å². The van der Waals surface area contributed by atoms with Crippen LogP contribution in [0.3, 0.4) is 0 Å². The number of methoxy groups -OCH3 is 1. The summed E-state index contributed by atoms with van der Waals surface area (Å²) in [5.74, 6) is 0.959. The zero-order valence-corrected chi connectivity index (χ0v) is 17.6.